The highest BCUT2D eigenvalue weighted by molar-refractivity contribution is 5.80. The number of rotatable bonds is 7. The Labute approximate surface area is 163 Å². The summed E-state index contributed by atoms with van der Waals surface area (Å²) in [6.07, 6.45) is 6.28. The molecule has 1 aliphatic rings. The highest BCUT2D eigenvalue weighted by Gasteiger charge is 2.21. The number of hydrogen-bond acceptors (Lipinski definition) is 4. The predicted molar refractivity (Wildman–Crippen MR) is 108 cm³/mol. The number of pyridine rings is 1. The van der Waals surface area contributed by atoms with Crippen molar-refractivity contribution in [1.29, 1.82) is 0 Å². The molecule has 28 heavy (non-hydrogen) atoms. The molecule has 2 aromatic heterocycles. The zero-order valence-corrected chi connectivity index (χ0v) is 15.5. The highest BCUT2D eigenvalue weighted by Crippen LogP contribution is 2.30. The van der Waals surface area contributed by atoms with Gasteiger partial charge in [0.2, 0.25) is 0 Å². The molecule has 0 radical (unpaired) electrons. The first-order valence-electron chi connectivity index (χ1n) is 9.59. The molecular weight excluding hydrogens is 350 g/mol. The number of ether oxygens (including phenoxy) is 2. The second-order valence-corrected chi connectivity index (χ2v) is 7.18. The molecule has 1 aliphatic carbocycles. The molecule has 2 aromatic carbocycles. The minimum Gasteiger partial charge on any atom is -0.493 e. The zero-order valence-electron chi connectivity index (χ0n) is 15.5. The molecule has 140 valence electrons. The number of nitrogens with zero attached hydrogens (tertiary/aromatic N) is 3. The predicted octanol–water partition coefficient (Wildman–Crippen LogP) is 4.79. The van der Waals surface area contributed by atoms with E-state index in [1.165, 1.54) is 12.8 Å². The van der Waals surface area contributed by atoms with Crippen LogP contribution in [-0.4, -0.2) is 21.4 Å². The Kier molecular flexibility index (Phi) is 4.41. The van der Waals surface area contributed by atoms with Crippen molar-refractivity contribution in [1.82, 2.24) is 14.8 Å². The summed E-state index contributed by atoms with van der Waals surface area (Å²) in [5.41, 5.74) is 2.03. The van der Waals surface area contributed by atoms with Gasteiger partial charge in [0.1, 0.15) is 18.1 Å². The zero-order chi connectivity index (χ0) is 18.8. The van der Waals surface area contributed by atoms with Crippen LogP contribution >= 0.6 is 0 Å². The van der Waals surface area contributed by atoms with E-state index in [-0.39, 0.29) is 0 Å². The fourth-order valence-electron chi connectivity index (χ4n) is 3.04. The molecule has 5 rings (SSSR count). The van der Waals surface area contributed by atoms with Crippen molar-refractivity contribution in [3.8, 4) is 17.3 Å². The molecule has 0 unspecified atom stereocenters. The van der Waals surface area contributed by atoms with E-state index in [4.69, 9.17) is 9.47 Å². The van der Waals surface area contributed by atoms with E-state index in [1.807, 2.05) is 66.9 Å². The minimum atomic E-state index is 0.525. The van der Waals surface area contributed by atoms with Crippen LogP contribution in [0.25, 0.3) is 16.7 Å². The Morgan fingerprint density at radius 1 is 0.929 bits per heavy atom. The molecule has 0 bridgehead atoms. The topological polar surface area (TPSA) is 49.2 Å². The van der Waals surface area contributed by atoms with Crippen LogP contribution in [0, 0.1) is 5.92 Å². The smallest absolute Gasteiger partial charge is 0.153 e. The molecule has 0 amide bonds. The summed E-state index contributed by atoms with van der Waals surface area (Å²) in [6.45, 7) is 1.33. The quantitative estimate of drug-likeness (QED) is 0.469. The van der Waals surface area contributed by atoms with Crippen LogP contribution in [0.4, 0.5) is 0 Å². The summed E-state index contributed by atoms with van der Waals surface area (Å²) in [5, 5.41) is 5.70. The molecule has 5 nitrogen and oxygen atoms in total. The van der Waals surface area contributed by atoms with Gasteiger partial charge in [0.15, 0.2) is 5.82 Å². The number of fused-ring (bicyclic) bond motifs is 1. The first-order valence-corrected chi connectivity index (χ1v) is 9.59. The number of aromatic nitrogens is 3. The third kappa shape index (κ3) is 3.83. The van der Waals surface area contributed by atoms with Crippen LogP contribution in [-0.2, 0) is 6.61 Å². The normalized spacial score (nSPS) is 13.6. The molecule has 1 fully saturated rings. The van der Waals surface area contributed by atoms with Crippen LogP contribution in [0.5, 0.6) is 11.5 Å². The van der Waals surface area contributed by atoms with Gasteiger partial charge in [-0.3, -0.25) is 0 Å². The van der Waals surface area contributed by atoms with E-state index >= 15 is 0 Å². The summed E-state index contributed by atoms with van der Waals surface area (Å²) in [5.74, 6) is 3.10. The van der Waals surface area contributed by atoms with Crippen molar-refractivity contribution in [2.75, 3.05) is 6.61 Å². The molecule has 0 N–H and O–H groups in total. The van der Waals surface area contributed by atoms with Crippen molar-refractivity contribution in [3.05, 3.63) is 78.6 Å². The molecule has 0 aliphatic heterocycles. The molecule has 1 saturated carbocycles. The van der Waals surface area contributed by atoms with Crippen LogP contribution < -0.4 is 9.47 Å². The standard InChI is InChI=1S/C23H21N3O2/c1-2-4-17(5-3-1)15-28-21-10-11-23(24-13-21)26-14-19-8-9-20(12-22(19)25-26)27-16-18-6-7-18/h1-5,8-14,18H,6-7,15-16H2. The van der Waals surface area contributed by atoms with Gasteiger partial charge in [-0.2, -0.15) is 5.10 Å². The van der Waals surface area contributed by atoms with E-state index < -0.39 is 0 Å². The van der Waals surface area contributed by atoms with E-state index in [1.54, 1.807) is 10.9 Å². The van der Waals surface area contributed by atoms with Crippen molar-refractivity contribution >= 4 is 10.9 Å². The summed E-state index contributed by atoms with van der Waals surface area (Å²) in [7, 11) is 0. The van der Waals surface area contributed by atoms with Gasteiger partial charge < -0.3 is 9.47 Å². The van der Waals surface area contributed by atoms with Crippen LogP contribution in [0.3, 0.4) is 0 Å². The molecule has 0 atom stereocenters. The number of benzene rings is 2. The minimum absolute atomic E-state index is 0.525. The molecular formula is C23H21N3O2. The lowest BCUT2D eigenvalue weighted by Gasteiger charge is -2.06. The third-order valence-electron chi connectivity index (χ3n) is 4.87. The van der Waals surface area contributed by atoms with Gasteiger partial charge in [0.05, 0.1) is 18.3 Å². The Balaban J connectivity index is 1.28. The SMILES string of the molecule is c1ccc(COc2ccc(-n3cc4ccc(OCC5CC5)cc4n3)nc2)cc1. The van der Waals surface area contributed by atoms with Gasteiger partial charge in [0.25, 0.3) is 0 Å². The van der Waals surface area contributed by atoms with Gasteiger partial charge in [0, 0.05) is 17.6 Å². The monoisotopic (exact) mass is 371 g/mol. The largest absolute Gasteiger partial charge is 0.493 e. The number of hydrogen-bond donors (Lipinski definition) is 0. The van der Waals surface area contributed by atoms with Crippen molar-refractivity contribution < 1.29 is 9.47 Å². The lowest BCUT2D eigenvalue weighted by atomic mass is 10.2. The Bertz CT molecular complexity index is 1070. The molecule has 0 spiro atoms. The van der Waals surface area contributed by atoms with Crippen molar-refractivity contribution in [2.45, 2.75) is 19.4 Å². The summed E-state index contributed by atoms with van der Waals surface area (Å²) < 4.78 is 13.4. The second kappa shape index (κ2) is 7.35. The Morgan fingerprint density at radius 3 is 2.57 bits per heavy atom. The van der Waals surface area contributed by atoms with E-state index in [2.05, 4.69) is 10.1 Å². The van der Waals surface area contributed by atoms with Gasteiger partial charge in [-0.15, -0.1) is 0 Å². The maximum atomic E-state index is 5.85. The maximum absolute atomic E-state index is 5.85. The van der Waals surface area contributed by atoms with Gasteiger partial charge in [-0.25, -0.2) is 9.67 Å². The van der Waals surface area contributed by atoms with E-state index in [9.17, 15) is 0 Å². The Hall–Kier alpha value is -3.34. The highest BCUT2D eigenvalue weighted by atomic mass is 16.5. The summed E-state index contributed by atoms with van der Waals surface area (Å²) in [4.78, 5) is 4.49. The van der Waals surface area contributed by atoms with Crippen LogP contribution in [0.15, 0.2) is 73.1 Å². The van der Waals surface area contributed by atoms with Crippen molar-refractivity contribution in [3.63, 3.8) is 0 Å². The molecule has 2 heterocycles. The first kappa shape index (κ1) is 16.8. The average molecular weight is 371 g/mol. The molecule has 5 heteroatoms. The molecule has 4 aromatic rings. The summed E-state index contributed by atoms with van der Waals surface area (Å²) in [6, 6.07) is 20.0. The fraction of sp³-hybridized carbons (Fsp3) is 0.217. The fourth-order valence-corrected chi connectivity index (χ4v) is 3.04. The average Bonchev–Trinajstić information content (AvgIpc) is 3.48. The third-order valence-corrected chi connectivity index (χ3v) is 4.87. The first-order chi connectivity index (χ1) is 13.8. The second-order valence-electron chi connectivity index (χ2n) is 7.18. The molecule has 0 saturated heterocycles. The van der Waals surface area contributed by atoms with E-state index in [0.717, 1.165) is 46.3 Å². The summed E-state index contributed by atoms with van der Waals surface area (Å²) >= 11 is 0. The van der Waals surface area contributed by atoms with E-state index in [0.29, 0.717) is 6.61 Å². The maximum Gasteiger partial charge on any atom is 0.153 e. The lowest BCUT2D eigenvalue weighted by Crippen LogP contribution is -2.00. The van der Waals surface area contributed by atoms with Gasteiger partial charge in [-0.05, 0) is 48.6 Å². The van der Waals surface area contributed by atoms with Crippen LogP contribution in [0.2, 0.25) is 0 Å². The Morgan fingerprint density at radius 2 is 1.79 bits per heavy atom. The van der Waals surface area contributed by atoms with Crippen molar-refractivity contribution in [2.24, 2.45) is 5.92 Å². The van der Waals surface area contributed by atoms with Gasteiger partial charge in [-0.1, -0.05) is 30.3 Å². The van der Waals surface area contributed by atoms with Crippen LogP contribution in [0.1, 0.15) is 18.4 Å². The van der Waals surface area contributed by atoms with Gasteiger partial charge >= 0.3 is 0 Å². The lowest BCUT2D eigenvalue weighted by molar-refractivity contribution is 0.300.